The molecule has 0 aromatic heterocycles. The van der Waals surface area contributed by atoms with Crippen molar-refractivity contribution in [3.05, 3.63) is 0 Å². The lowest BCUT2D eigenvalue weighted by atomic mass is 10.1. The number of halogens is 3. The number of alkyl halides is 3. The van der Waals surface area contributed by atoms with Crippen LogP contribution < -0.4 is 0 Å². The van der Waals surface area contributed by atoms with Crippen LogP contribution in [0.4, 0.5) is 13.2 Å². The van der Waals surface area contributed by atoms with Crippen LogP contribution in [0.3, 0.4) is 0 Å². The van der Waals surface area contributed by atoms with Gasteiger partial charge in [-0.05, 0) is 12.3 Å². The molecule has 1 saturated heterocycles. The van der Waals surface area contributed by atoms with Gasteiger partial charge in [-0.25, -0.2) is 0 Å². The zero-order valence-electron chi connectivity index (χ0n) is 7.75. The smallest absolute Gasteiger partial charge is 0.471 e. The number of carboxylic acid groups (broad SMARTS) is 1. The summed E-state index contributed by atoms with van der Waals surface area (Å²) in [6, 6.07) is 0. The number of likely N-dealkylation sites (tertiary alicyclic amines) is 1. The molecule has 1 N–H and O–H groups in total. The van der Waals surface area contributed by atoms with Crippen LogP contribution in [-0.4, -0.2) is 41.1 Å². The quantitative estimate of drug-likeness (QED) is 0.758. The van der Waals surface area contributed by atoms with Crippen LogP contribution >= 0.6 is 0 Å². The summed E-state index contributed by atoms with van der Waals surface area (Å²) in [6.07, 6.45) is -4.74. The highest BCUT2D eigenvalue weighted by Gasteiger charge is 2.44. The van der Waals surface area contributed by atoms with Crippen LogP contribution in [0.1, 0.15) is 12.8 Å². The summed E-state index contributed by atoms with van der Waals surface area (Å²) in [6.45, 7) is -0.138. The van der Waals surface area contributed by atoms with Crippen molar-refractivity contribution < 1.29 is 27.9 Å². The molecule has 1 aliphatic rings. The molecule has 1 atom stereocenters. The predicted molar refractivity (Wildman–Crippen MR) is 43.0 cm³/mol. The van der Waals surface area contributed by atoms with Crippen molar-refractivity contribution >= 4 is 11.9 Å². The Morgan fingerprint density at radius 2 is 2.00 bits per heavy atom. The number of hydrogen-bond donors (Lipinski definition) is 1. The molecular weight excluding hydrogens is 215 g/mol. The third-order valence-corrected chi connectivity index (χ3v) is 2.28. The largest absolute Gasteiger partial charge is 0.481 e. The molecule has 1 fully saturated rings. The summed E-state index contributed by atoms with van der Waals surface area (Å²) in [5, 5.41) is 8.43. The second kappa shape index (κ2) is 4.08. The van der Waals surface area contributed by atoms with Crippen LogP contribution in [0.25, 0.3) is 0 Å². The van der Waals surface area contributed by atoms with Gasteiger partial charge in [0.2, 0.25) is 0 Å². The van der Waals surface area contributed by atoms with E-state index in [0.29, 0.717) is 11.3 Å². The first-order chi connectivity index (χ1) is 6.80. The lowest BCUT2D eigenvalue weighted by Crippen LogP contribution is -2.39. The lowest BCUT2D eigenvalue weighted by Gasteiger charge is -2.17. The summed E-state index contributed by atoms with van der Waals surface area (Å²) in [5.74, 6) is -3.30. The van der Waals surface area contributed by atoms with E-state index in [1.807, 2.05) is 0 Å². The average molecular weight is 225 g/mol. The molecule has 1 aliphatic heterocycles. The Labute approximate surface area is 83.7 Å². The van der Waals surface area contributed by atoms with Crippen molar-refractivity contribution in [3.8, 4) is 0 Å². The third-order valence-electron chi connectivity index (χ3n) is 2.28. The van der Waals surface area contributed by atoms with Crippen LogP contribution in [0.5, 0.6) is 0 Å². The third kappa shape index (κ3) is 3.10. The van der Waals surface area contributed by atoms with E-state index in [1.54, 1.807) is 0 Å². The second-order valence-electron chi connectivity index (χ2n) is 3.50. The van der Waals surface area contributed by atoms with Crippen molar-refractivity contribution in [2.45, 2.75) is 19.0 Å². The molecule has 0 saturated carbocycles. The minimum atomic E-state index is -4.86. The summed E-state index contributed by atoms with van der Waals surface area (Å²) in [5.41, 5.74) is 0. The highest BCUT2D eigenvalue weighted by atomic mass is 19.4. The van der Waals surface area contributed by atoms with Crippen molar-refractivity contribution in [3.63, 3.8) is 0 Å². The van der Waals surface area contributed by atoms with Gasteiger partial charge in [-0.15, -0.1) is 0 Å². The number of carbonyl (C=O) groups is 2. The van der Waals surface area contributed by atoms with Gasteiger partial charge in [-0.3, -0.25) is 9.59 Å². The van der Waals surface area contributed by atoms with Gasteiger partial charge in [-0.2, -0.15) is 13.2 Å². The normalized spacial score (nSPS) is 21.8. The van der Waals surface area contributed by atoms with E-state index in [0.717, 1.165) is 0 Å². The monoisotopic (exact) mass is 225 g/mol. The number of carbonyl (C=O) groups excluding carboxylic acids is 1. The van der Waals surface area contributed by atoms with E-state index in [-0.39, 0.29) is 25.4 Å². The van der Waals surface area contributed by atoms with E-state index in [2.05, 4.69) is 0 Å². The minimum absolute atomic E-state index is 0.0176. The number of amides is 1. The average Bonchev–Trinajstić information content (AvgIpc) is 2.48. The summed E-state index contributed by atoms with van der Waals surface area (Å²) < 4.78 is 35.9. The van der Waals surface area contributed by atoms with Crippen molar-refractivity contribution in [2.75, 3.05) is 13.1 Å². The molecule has 7 heteroatoms. The number of carboxylic acids is 1. The predicted octanol–water partition coefficient (Wildman–Crippen LogP) is 0.872. The molecule has 1 heterocycles. The highest BCUT2D eigenvalue weighted by molar-refractivity contribution is 5.82. The highest BCUT2D eigenvalue weighted by Crippen LogP contribution is 2.25. The molecule has 0 spiro atoms. The fraction of sp³-hybridized carbons (Fsp3) is 0.750. The van der Waals surface area contributed by atoms with Crippen LogP contribution in [0.15, 0.2) is 0 Å². The van der Waals surface area contributed by atoms with Crippen molar-refractivity contribution in [1.29, 1.82) is 0 Å². The first-order valence-electron chi connectivity index (χ1n) is 4.38. The Bertz CT molecular complexity index is 277. The van der Waals surface area contributed by atoms with Crippen LogP contribution in [0.2, 0.25) is 0 Å². The minimum Gasteiger partial charge on any atom is -0.481 e. The first-order valence-corrected chi connectivity index (χ1v) is 4.38. The molecule has 1 rings (SSSR count). The van der Waals surface area contributed by atoms with E-state index >= 15 is 0 Å². The Kier molecular flexibility index (Phi) is 3.21. The number of rotatable bonds is 2. The molecule has 0 aromatic carbocycles. The molecule has 4 nitrogen and oxygen atoms in total. The number of aliphatic carboxylic acids is 1. The van der Waals surface area contributed by atoms with Gasteiger partial charge in [0.05, 0.1) is 0 Å². The molecule has 0 unspecified atom stereocenters. The van der Waals surface area contributed by atoms with Gasteiger partial charge < -0.3 is 10.0 Å². The molecule has 0 aromatic rings. The maximum absolute atomic E-state index is 12.0. The van der Waals surface area contributed by atoms with Gasteiger partial charge in [0.1, 0.15) is 0 Å². The molecular formula is C8H10F3NO3. The maximum Gasteiger partial charge on any atom is 0.471 e. The maximum atomic E-state index is 12.0. The Balaban J connectivity index is 2.50. The number of nitrogens with zero attached hydrogens (tertiary/aromatic N) is 1. The summed E-state index contributed by atoms with van der Waals surface area (Å²) in [7, 11) is 0. The van der Waals surface area contributed by atoms with Crippen LogP contribution in [0, 0.1) is 5.92 Å². The van der Waals surface area contributed by atoms with Crippen LogP contribution in [-0.2, 0) is 9.59 Å². The Morgan fingerprint density at radius 1 is 1.40 bits per heavy atom. The molecule has 1 amide bonds. The molecule has 15 heavy (non-hydrogen) atoms. The summed E-state index contributed by atoms with van der Waals surface area (Å²) in [4.78, 5) is 21.7. The van der Waals surface area contributed by atoms with E-state index in [9.17, 15) is 22.8 Å². The molecule has 0 radical (unpaired) electrons. The Morgan fingerprint density at radius 3 is 2.47 bits per heavy atom. The molecule has 86 valence electrons. The van der Waals surface area contributed by atoms with E-state index in [1.165, 1.54) is 0 Å². The standard InChI is InChI=1S/C8H10F3NO3/c9-8(10,11)7(15)12-2-1-5(4-12)3-6(13)14/h5H,1-4H2,(H,13,14)/t5-/m1/s1. The fourth-order valence-electron chi connectivity index (χ4n) is 1.61. The zero-order valence-corrected chi connectivity index (χ0v) is 7.75. The lowest BCUT2D eigenvalue weighted by molar-refractivity contribution is -0.184. The van der Waals surface area contributed by atoms with Gasteiger partial charge in [-0.1, -0.05) is 0 Å². The second-order valence-corrected chi connectivity index (χ2v) is 3.50. The fourth-order valence-corrected chi connectivity index (χ4v) is 1.61. The van der Waals surface area contributed by atoms with Gasteiger partial charge in [0, 0.05) is 19.5 Å². The van der Waals surface area contributed by atoms with E-state index < -0.39 is 18.1 Å². The van der Waals surface area contributed by atoms with Crippen molar-refractivity contribution in [2.24, 2.45) is 5.92 Å². The van der Waals surface area contributed by atoms with Crippen molar-refractivity contribution in [1.82, 2.24) is 4.90 Å². The summed E-state index contributed by atoms with van der Waals surface area (Å²) >= 11 is 0. The zero-order chi connectivity index (χ0) is 11.6. The van der Waals surface area contributed by atoms with Gasteiger partial charge in [0.15, 0.2) is 0 Å². The van der Waals surface area contributed by atoms with Gasteiger partial charge in [0.25, 0.3) is 0 Å². The number of hydrogen-bond acceptors (Lipinski definition) is 2. The topological polar surface area (TPSA) is 57.6 Å². The SMILES string of the molecule is O=C(O)C[C@H]1CCN(C(=O)C(F)(F)F)C1. The first kappa shape index (κ1) is 11.8. The van der Waals surface area contributed by atoms with E-state index in [4.69, 9.17) is 5.11 Å². The van der Waals surface area contributed by atoms with Gasteiger partial charge >= 0.3 is 18.1 Å². The molecule has 0 aliphatic carbocycles. The molecule has 0 bridgehead atoms. The Hall–Kier alpha value is -1.27.